The fraction of sp³-hybridized carbons (Fsp3) is 0.417. The average molecular weight is 289 g/mol. The second-order valence-corrected chi connectivity index (χ2v) is 5.30. The van der Waals surface area contributed by atoms with E-state index in [2.05, 4.69) is 5.32 Å². The van der Waals surface area contributed by atoms with Crippen LogP contribution < -0.4 is 11.1 Å². The Labute approximate surface area is 116 Å². The molecule has 0 saturated heterocycles. The number of nitrogens with two attached hydrogens (primary N) is 1. The van der Waals surface area contributed by atoms with Gasteiger partial charge in [-0.15, -0.1) is 0 Å². The molecule has 1 amide bonds. The number of hydrogen-bond acceptors (Lipinski definition) is 4. The van der Waals surface area contributed by atoms with Crippen LogP contribution in [0.3, 0.4) is 0 Å². The van der Waals surface area contributed by atoms with E-state index in [1.807, 2.05) is 0 Å². The smallest absolute Gasteiger partial charge is 0.225 e. The van der Waals surface area contributed by atoms with Crippen LogP contribution >= 0.6 is 23.4 Å². The maximum absolute atomic E-state index is 11.6. The molecule has 1 aromatic carbocycles. The van der Waals surface area contributed by atoms with Crippen LogP contribution in [0.25, 0.3) is 0 Å². The van der Waals surface area contributed by atoms with Crippen LogP contribution in [0.1, 0.15) is 6.42 Å². The lowest BCUT2D eigenvalue weighted by atomic mass is 10.2. The molecule has 0 atom stereocenters. The summed E-state index contributed by atoms with van der Waals surface area (Å²) in [5, 5.41) is 3.32. The van der Waals surface area contributed by atoms with E-state index < -0.39 is 0 Å². The minimum absolute atomic E-state index is 0.0473. The van der Waals surface area contributed by atoms with E-state index in [0.717, 1.165) is 11.5 Å². The van der Waals surface area contributed by atoms with Crippen molar-refractivity contribution in [1.82, 2.24) is 0 Å². The second-order valence-electron chi connectivity index (χ2n) is 3.63. The van der Waals surface area contributed by atoms with Crippen molar-refractivity contribution in [3.05, 3.63) is 23.2 Å². The Balaban J connectivity index is 2.31. The van der Waals surface area contributed by atoms with Gasteiger partial charge in [0.15, 0.2) is 0 Å². The Morgan fingerprint density at radius 1 is 1.50 bits per heavy atom. The fourth-order valence-electron chi connectivity index (χ4n) is 1.27. The summed E-state index contributed by atoms with van der Waals surface area (Å²) in [5.41, 5.74) is 6.82. The largest absolute Gasteiger partial charge is 0.397 e. The topological polar surface area (TPSA) is 64.3 Å². The van der Waals surface area contributed by atoms with Gasteiger partial charge in [0.25, 0.3) is 0 Å². The third-order valence-corrected chi connectivity index (χ3v) is 3.38. The first-order chi connectivity index (χ1) is 8.63. The molecule has 0 aliphatic heterocycles. The van der Waals surface area contributed by atoms with Gasteiger partial charge >= 0.3 is 0 Å². The third-order valence-electron chi connectivity index (χ3n) is 2.19. The minimum atomic E-state index is -0.0473. The van der Waals surface area contributed by atoms with Crippen molar-refractivity contribution in [2.24, 2.45) is 0 Å². The van der Waals surface area contributed by atoms with Gasteiger partial charge < -0.3 is 15.8 Å². The molecule has 3 N–H and O–H groups in total. The van der Waals surface area contributed by atoms with Crippen molar-refractivity contribution in [2.45, 2.75) is 6.42 Å². The number of carbonyl (C=O) groups is 1. The summed E-state index contributed by atoms with van der Waals surface area (Å²) in [6, 6.07) is 5.01. The molecule has 0 saturated carbocycles. The van der Waals surface area contributed by atoms with Gasteiger partial charge in [-0.2, -0.15) is 11.8 Å². The maximum Gasteiger partial charge on any atom is 0.225 e. The Kier molecular flexibility index (Phi) is 6.93. The Morgan fingerprint density at radius 2 is 2.28 bits per heavy atom. The molecule has 0 radical (unpaired) electrons. The number of halogens is 1. The number of ether oxygens (including phenoxy) is 1. The Bertz CT molecular complexity index is 402. The lowest BCUT2D eigenvalue weighted by Crippen LogP contribution is -2.13. The number of carbonyl (C=O) groups excluding carboxylic acids is 1. The lowest BCUT2D eigenvalue weighted by molar-refractivity contribution is -0.115. The average Bonchev–Trinajstić information content (AvgIpc) is 2.32. The molecule has 0 unspecified atom stereocenters. The molecule has 0 heterocycles. The highest BCUT2D eigenvalue weighted by Gasteiger charge is 2.05. The van der Waals surface area contributed by atoms with Gasteiger partial charge in [-0.05, 0) is 18.2 Å². The van der Waals surface area contributed by atoms with Gasteiger partial charge in [-0.1, -0.05) is 11.6 Å². The summed E-state index contributed by atoms with van der Waals surface area (Å²) in [7, 11) is 1.66. The number of amides is 1. The van der Waals surface area contributed by atoms with Gasteiger partial charge in [0, 0.05) is 30.1 Å². The summed E-state index contributed by atoms with van der Waals surface area (Å²) in [5.74, 6) is 1.61. The standard InChI is InChI=1S/C12H17ClN2O2S/c1-17-5-7-18-6-4-12(16)15-11-3-2-9(13)8-10(11)14/h2-3,8H,4-7,14H2,1H3,(H,15,16). The minimum Gasteiger partial charge on any atom is -0.397 e. The quantitative estimate of drug-likeness (QED) is 0.598. The van der Waals surface area contributed by atoms with E-state index >= 15 is 0 Å². The van der Waals surface area contributed by atoms with Crippen LogP contribution in [-0.2, 0) is 9.53 Å². The molecule has 0 aromatic heterocycles. The van der Waals surface area contributed by atoms with Crippen molar-refractivity contribution in [2.75, 3.05) is 36.3 Å². The SMILES string of the molecule is COCCSCCC(=O)Nc1ccc(Cl)cc1N. The molecule has 100 valence electrons. The first-order valence-electron chi connectivity index (χ1n) is 5.55. The van der Waals surface area contributed by atoms with E-state index in [4.69, 9.17) is 22.1 Å². The summed E-state index contributed by atoms with van der Waals surface area (Å²) in [6.45, 7) is 0.705. The molecule has 4 nitrogen and oxygen atoms in total. The van der Waals surface area contributed by atoms with E-state index in [9.17, 15) is 4.79 Å². The molecule has 0 fully saturated rings. The van der Waals surface area contributed by atoms with Crippen molar-refractivity contribution in [3.8, 4) is 0 Å². The summed E-state index contributed by atoms with van der Waals surface area (Å²) in [4.78, 5) is 11.6. The van der Waals surface area contributed by atoms with E-state index in [1.165, 1.54) is 0 Å². The highest BCUT2D eigenvalue weighted by atomic mass is 35.5. The molecule has 18 heavy (non-hydrogen) atoms. The molecule has 0 spiro atoms. The van der Waals surface area contributed by atoms with Crippen molar-refractivity contribution < 1.29 is 9.53 Å². The van der Waals surface area contributed by atoms with E-state index in [0.29, 0.717) is 29.4 Å². The number of methoxy groups -OCH3 is 1. The number of benzene rings is 1. The number of hydrogen-bond donors (Lipinski definition) is 2. The van der Waals surface area contributed by atoms with Gasteiger partial charge in [-0.3, -0.25) is 4.79 Å². The predicted octanol–water partition coefficient (Wildman–Crippen LogP) is 2.63. The van der Waals surface area contributed by atoms with Crippen molar-refractivity contribution in [1.29, 1.82) is 0 Å². The highest BCUT2D eigenvalue weighted by Crippen LogP contribution is 2.22. The molecule has 0 aliphatic rings. The van der Waals surface area contributed by atoms with Crippen LogP contribution in [0.2, 0.25) is 5.02 Å². The number of anilines is 2. The van der Waals surface area contributed by atoms with Gasteiger partial charge in [0.1, 0.15) is 0 Å². The van der Waals surface area contributed by atoms with Gasteiger partial charge in [-0.25, -0.2) is 0 Å². The van der Waals surface area contributed by atoms with Gasteiger partial charge in [0.05, 0.1) is 18.0 Å². The molecule has 1 aromatic rings. The zero-order chi connectivity index (χ0) is 13.4. The normalized spacial score (nSPS) is 10.3. The first kappa shape index (κ1) is 15.1. The summed E-state index contributed by atoms with van der Waals surface area (Å²) < 4.78 is 4.92. The van der Waals surface area contributed by atoms with Gasteiger partial charge in [0.2, 0.25) is 5.91 Å². The lowest BCUT2D eigenvalue weighted by Gasteiger charge is -2.08. The van der Waals surface area contributed by atoms with Crippen LogP contribution in [-0.4, -0.2) is 31.1 Å². The van der Waals surface area contributed by atoms with E-state index in [1.54, 1.807) is 37.1 Å². The van der Waals surface area contributed by atoms with E-state index in [-0.39, 0.29) is 5.91 Å². The van der Waals surface area contributed by atoms with Crippen LogP contribution in [0.15, 0.2) is 18.2 Å². The zero-order valence-corrected chi connectivity index (χ0v) is 11.8. The number of rotatable bonds is 7. The molecule has 0 bridgehead atoms. The second kappa shape index (κ2) is 8.24. The maximum atomic E-state index is 11.6. The molecule has 6 heteroatoms. The molecule has 0 aliphatic carbocycles. The molecular formula is C12H17ClN2O2S. The van der Waals surface area contributed by atoms with Crippen LogP contribution in [0.5, 0.6) is 0 Å². The molecular weight excluding hydrogens is 272 g/mol. The van der Waals surface area contributed by atoms with Crippen molar-refractivity contribution in [3.63, 3.8) is 0 Å². The summed E-state index contributed by atoms with van der Waals surface area (Å²) in [6.07, 6.45) is 0.455. The number of thioether (sulfide) groups is 1. The number of nitrogens with one attached hydrogen (secondary N) is 1. The monoisotopic (exact) mass is 288 g/mol. The van der Waals surface area contributed by atoms with Crippen LogP contribution in [0.4, 0.5) is 11.4 Å². The third kappa shape index (κ3) is 5.62. The Hall–Kier alpha value is -0.910. The van der Waals surface area contributed by atoms with Crippen molar-refractivity contribution >= 4 is 40.6 Å². The zero-order valence-electron chi connectivity index (χ0n) is 10.2. The Morgan fingerprint density at radius 3 is 2.94 bits per heavy atom. The fourth-order valence-corrected chi connectivity index (χ4v) is 2.27. The summed E-state index contributed by atoms with van der Waals surface area (Å²) >= 11 is 7.46. The highest BCUT2D eigenvalue weighted by molar-refractivity contribution is 7.99. The predicted molar refractivity (Wildman–Crippen MR) is 78.3 cm³/mol. The van der Waals surface area contributed by atoms with Crippen LogP contribution in [0, 0.1) is 0 Å². The number of nitrogen functional groups attached to an aromatic ring is 1. The molecule has 1 rings (SSSR count). The first-order valence-corrected chi connectivity index (χ1v) is 7.08.